The van der Waals surface area contributed by atoms with Gasteiger partial charge in [-0.3, -0.25) is 19.8 Å². The van der Waals surface area contributed by atoms with E-state index in [4.69, 9.17) is 4.74 Å². The van der Waals surface area contributed by atoms with Crippen LogP contribution in [0.25, 0.3) is 11.1 Å². The monoisotopic (exact) mass is 433 g/mol. The van der Waals surface area contributed by atoms with Gasteiger partial charge in [-0.05, 0) is 34.9 Å². The number of benzene rings is 2. The van der Waals surface area contributed by atoms with Crippen LogP contribution in [-0.4, -0.2) is 35.9 Å². The lowest BCUT2D eigenvalue weighted by molar-refractivity contribution is -0.137. The number of ether oxygens (including phenoxy) is 2. The van der Waals surface area contributed by atoms with E-state index < -0.39 is 18.0 Å². The van der Waals surface area contributed by atoms with Gasteiger partial charge in [0.25, 0.3) is 11.8 Å². The first kappa shape index (κ1) is 20.9. The number of esters is 1. The van der Waals surface area contributed by atoms with Gasteiger partial charge in [0, 0.05) is 11.1 Å². The summed E-state index contributed by atoms with van der Waals surface area (Å²) in [5.74, 6) is -1.90. The van der Waals surface area contributed by atoms with Crippen LogP contribution in [0.3, 0.4) is 0 Å². The summed E-state index contributed by atoms with van der Waals surface area (Å²) in [6.45, 7) is 7.44. The van der Waals surface area contributed by atoms with Gasteiger partial charge in [-0.2, -0.15) is 0 Å². The van der Waals surface area contributed by atoms with Crippen molar-refractivity contribution in [2.75, 3.05) is 12.4 Å². The Morgan fingerprint density at radius 1 is 1.16 bits per heavy atom. The van der Waals surface area contributed by atoms with Crippen LogP contribution < -0.4 is 10.6 Å². The van der Waals surface area contributed by atoms with E-state index in [1.165, 1.54) is 4.90 Å². The predicted octanol–water partition coefficient (Wildman–Crippen LogP) is 2.69. The molecule has 162 valence electrons. The first-order chi connectivity index (χ1) is 15.3. The summed E-state index contributed by atoms with van der Waals surface area (Å²) in [5.41, 5.74) is 3.94. The number of amides is 3. The van der Waals surface area contributed by atoms with Gasteiger partial charge < -0.3 is 14.8 Å². The SMILES string of the molecule is C=C(NC(=O)C(=C)N1Cc2c(cccc2-c2ccc3c(c2)COC(=O)N3)C1=O)C(=O)OC. The molecular formula is C23H19N3O6. The molecule has 2 aromatic carbocycles. The molecule has 0 aliphatic carbocycles. The summed E-state index contributed by atoms with van der Waals surface area (Å²) >= 11 is 0. The number of nitrogens with zero attached hydrogens (tertiary/aromatic N) is 1. The Morgan fingerprint density at radius 3 is 2.66 bits per heavy atom. The highest BCUT2D eigenvalue weighted by atomic mass is 16.5. The van der Waals surface area contributed by atoms with E-state index >= 15 is 0 Å². The highest BCUT2D eigenvalue weighted by Crippen LogP contribution is 2.36. The Morgan fingerprint density at radius 2 is 1.91 bits per heavy atom. The first-order valence-corrected chi connectivity index (χ1v) is 9.58. The number of carbonyl (C=O) groups excluding carboxylic acids is 4. The quantitative estimate of drug-likeness (QED) is 0.554. The van der Waals surface area contributed by atoms with E-state index in [1.807, 2.05) is 18.2 Å². The summed E-state index contributed by atoms with van der Waals surface area (Å²) < 4.78 is 9.53. The zero-order valence-electron chi connectivity index (χ0n) is 17.2. The number of cyclic esters (lactones) is 1. The molecule has 32 heavy (non-hydrogen) atoms. The highest BCUT2D eigenvalue weighted by molar-refractivity contribution is 6.08. The normalized spacial score (nSPS) is 14.0. The summed E-state index contributed by atoms with van der Waals surface area (Å²) in [4.78, 5) is 49.6. The van der Waals surface area contributed by atoms with Crippen molar-refractivity contribution in [2.24, 2.45) is 0 Å². The second kappa shape index (κ2) is 8.03. The smallest absolute Gasteiger partial charge is 0.411 e. The number of fused-ring (bicyclic) bond motifs is 2. The maximum Gasteiger partial charge on any atom is 0.411 e. The number of nitrogens with one attached hydrogen (secondary N) is 2. The molecule has 4 rings (SSSR count). The Bertz CT molecular complexity index is 1220. The molecule has 0 radical (unpaired) electrons. The number of carbonyl (C=O) groups is 4. The molecule has 0 unspecified atom stereocenters. The van der Waals surface area contributed by atoms with Crippen LogP contribution in [0.15, 0.2) is 61.0 Å². The molecule has 0 fully saturated rings. The van der Waals surface area contributed by atoms with Crippen molar-refractivity contribution in [3.63, 3.8) is 0 Å². The van der Waals surface area contributed by atoms with Crippen LogP contribution in [0.4, 0.5) is 10.5 Å². The summed E-state index contributed by atoms with van der Waals surface area (Å²) in [7, 11) is 1.16. The molecule has 2 aromatic rings. The van der Waals surface area contributed by atoms with Gasteiger partial charge in [-0.25, -0.2) is 9.59 Å². The Kier molecular flexibility index (Phi) is 5.23. The molecule has 0 spiro atoms. The predicted molar refractivity (Wildman–Crippen MR) is 114 cm³/mol. The third-order valence-corrected chi connectivity index (χ3v) is 5.26. The fourth-order valence-corrected chi connectivity index (χ4v) is 3.62. The van der Waals surface area contributed by atoms with Crippen molar-refractivity contribution >= 4 is 29.6 Å². The molecular weight excluding hydrogens is 414 g/mol. The van der Waals surface area contributed by atoms with Gasteiger partial charge in [-0.15, -0.1) is 0 Å². The average Bonchev–Trinajstić information content (AvgIpc) is 3.14. The van der Waals surface area contributed by atoms with Gasteiger partial charge in [0.15, 0.2) is 0 Å². The van der Waals surface area contributed by atoms with E-state index in [0.29, 0.717) is 11.3 Å². The number of anilines is 1. The number of rotatable bonds is 5. The molecule has 2 N–H and O–H groups in total. The van der Waals surface area contributed by atoms with Crippen LogP contribution in [0, 0.1) is 0 Å². The molecule has 2 aliphatic rings. The number of methoxy groups -OCH3 is 1. The van der Waals surface area contributed by atoms with Gasteiger partial charge in [-0.1, -0.05) is 31.4 Å². The second-order valence-corrected chi connectivity index (χ2v) is 7.17. The summed E-state index contributed by atoms with van der Waals surface area (Å²) in [5, 5.41) is 4.93. The Labute approximate surface area is 183 Å². The molecule has 9 nitrogen and oxygen atoms in total. The highest BCUT2D eigenvalue weighted by Gasteiger charge is 2.34. The summed E-state index contributed by atoms with van der Waals surface area (Å²) in [6.07, 6.45) is -0.501. The third kappa shape index (κ3) is 3.60. The van der Waals surface area contributed by atoms with Crippen LogP contribution in [0.2, 0.25) is 0 Å². The van der Waals surface area contributed by atoms with E-state index in [9.17, 15) is 19.2 Å². The van der Waals surface area contributed by atoms with Crippen LogP contribution >= 0.6 is 0 Å². The van der Waals surface area contributed by atoms with Crippen molar-refractivity contribution in [1.82, 2.24) is 10.2 Å². The lowest BCUT2D eigenvalue weighted by atomic mass is 9.95. The van der Waals surface area contributed by atoms with Crippen molar-refractivity contribution in [3.8, 4) is 11.1 Å². The van der Waals surface area contributed by atoms with Crippen molar-refractivity contribution in [2.45, 2.75) is 13.2 Å². The molecule has 2 heterocycles. The standard InChI is InChI=1S/C23H19N3O6/c1-12(22(29)31-3)24-20(27)13(2)26-10-18-16(5-4-6-17(18)21(26)28)14-7-8-19-15(9-14)11-32-23(30)25-19/h4-9H,1-2,10-11H2,3H3,(H,24,27)(H,25,30). The van der Waals surface area contributed by atoms with E-state index in [0.717, 1.165) is 29.4 Å². The maximum atomic E-state index is 13.0. The molecule has 0 saturated heterocycles. The van der Waals surface area contributed by atoms with Crippen LogP contribution in [-0.2, 0) is 32.2 Å². The van der Waals surface area contributed by atoms with Crippen LogP contribution in [0.5, 0.6) is 0 Å². The minimum atomic E-state index is -0.794. The molecule has 9 heteroatoms. The minimum Gasteiger partial charge on any atom is -0.464 e. The topological polar surface area (TPSA) is 114 Å². The maximum absolute atomic E-state index is 13.0. The largest absolute Gasteiger partial charge is 0.464 e. The molecule has 2 aliphatic heterocycles. The van der Waals surface area contributed by atoms with E-state index in [1.54, 1.807) is 18.2 Å². The zero-order chi connectivity index (χ0) is 23.0. The van der Waals surface area contributed by atoms with Crippen molar-refractivity contribution in [3.05, 3.63) is 77.6 Å². The lowest BCUT2D eigenvalue weighted by Crippen LogP contribution is -2.36. The van der Waals surface area contributed by atoms with Crippen LogP contribution in [0.1, 0.15) is 21.5 Å². The third-order valence-electron chi connectivity index (χ3n) is 5.26. The molecule has 0 bridgehead atoms. The van der Waals surface area contributed by atoms with Gasteiger partial charge >= 0.3 is 12.1 Å². The van der Waals surface area contributed by atoms with E-state index in [2.05, 4.69) is 28.5 Å². The van der Waals surface area contributed by atoms with Gasteiger partial charge in [0.1, 0.15) is 18.0 Å². The molecule has 0 aromatic heterocycles. The average molecular weight is 433 g/mol. The van der Waals surface area contributed by atoms with Gasteiger partial charge in [0.05, 0.1) is 19.3 Å². The molecule has 0 saturated carbocycles. The zero-order valence-corrected chi connectivity index (χ0v) is 17.2. The summed E-state index contributed by atoms with van der Waals surface area (Å²) in [6, 6.07) is 10.8. The molecule has 3 amide bonds. The first-order valence-electron chi connectivity index (χ1n) is 9.58. The Balaban J connectivity index is 1.60. The lowest BCUT2D eigenvalue weighted by Gasteiger charge is -2.19. The Hall–Kier alpha value is -4.40. The number of hydrogen-bond acceptors (Lipinski definition) is 6. The number of hydrogen-bond donors (Lipinski definition) is 2. The fourth-order valence-electron chi connectivity index (χ4n) is 3.62. The van der Waals surface area contributed by atoms with Crippen molar-refractivity contribution < 1.29 is 28.7 Å². The molecule has 0 atom stereocenters. The van der Waals surface area contributed by atoms with Crippen molar-refractivity contribution in [1.29, 1.82) is 0 Å². The fraction of sp³-hybridized carbons (Fsp3) is 0.130. The van der Waals surface area contributed by atoms with E-state index in [-0.39, 0.29) is 30.5 Å². The van der Waals surface area contributed by atoms with Gasteiger partial charge in [0.2, 0.25) is 0 Å². The minimum absolute atomic E-state index is 0.122. The second-order valence-electron chi connectivity index (χ2n) is 7.17.